The molecule has 1 atom stereocenters. The minimum absolute atomic E-state index is 0.200. The molecule has 1 N–H and O–H groups in total. The summed E-state index contributed by atoms with van der Waals surface area (Å²) in [4.78, 5) is 16.0. The molecule has 0 spiro atoms. The maximum Gasteiger partial charge on any atom is 0.255 e. The first-order chi connectivity index (χ1) is 10.7. The standard InChI is InChI=1S/C15H15N5O2/c16-8-11-3-5-12(6-4-11)9-20-10-17-15(19-20)18-14(21)13-2-1-7-22-13/h3-6,10,13H,1-2,7,9H2,(H,18,19,21)/t13-/m0/s1. The number of amides is 1. The Hall–Kier alpha value is -2.72. The summed E-state index contributed by atoms with van der Waals surface area (Å²) in [7, 11) is 0. The number of nitrogens with zero attached hydrogens (tertiary/aromatic N) is 4. The molecule has 0 aliphatic carbocycles. The highest BCUT2D eigenvalue weighted by molar-refractivity contribution is 5.92. The molecule has 0 unspecified atom stereocenters. The molecule has 1 saturated heterocycles. The predicted octanol–water partition coefficient (Wildman–Crippen LogP) is 1.32. The van der Waals surface area contributed by atoms with Crippen LogP contribution in [-0.2, 0) is 16.1 Å². The molecule has 0 bridgehead atoms. The lowest BCUT2D eigenvalue weighted by Gasteiger charge is -2.07. The van der Waals surface area contributed by atoms with Gasteiger partial charge in [0.25, 0.3) is 5.91 Å². The van der Waals surface area contributed by atoms with Gasteiger partial charge in [0.2, 0.25) is 5.95 Å². The maximum atomic E-state index is 11.9. The smallest absolute Gasteiger partial charge is 0.255 e. The van der Waals surface area contributed by atoms with Crippen LogP contribution in [0.2, 0.25) is 0 Å². The number of aromatic nitrogens is 3. The molecule has 7 heteroatoms. The Balaban J connectivity index is 1.60. The second kappa shape index (κ2) is 6.37. The number of hydrogen-bond donors (Lipinski definition) is 1. The first kappa shape index (κ1) is 14.2. The van der Waals surface area contributed by atoms with Gasteiger partial charge in [-0.1, -0.05) is 12.1 Å². The normalized spacial score (nSPS) is 17.1. The van der Waals surface area contributed by atoms with Gasteiger partial charge in [0.15, 0.2) is 0 Å². The number of carbonyl (C=O) groups excluding carboxylic acids is 1. The summed E-state index contributed by atoms with van der Waals surface area (Å²) in [6.07, 6.45) is 2.80. The lowest BCUT2D eigenvalue weighted by molar-refractivity contribution is -0.124. The molecule has 2 heterocycles. The van der Waals surface area contributed by atoms with Crippen molar-refractivity contribution in [3.05, 3.63) is 41.7 Å². The van der Waals surface area contributed by atoms with Gasteiger partial charge in [0, 0.05) is 6.61 Å². The van der Waals surface area contributed by atoms with Crippen molar-refractivity contribution < 1.29 is 9.53 Å². The van der Waals surface area contributed by atoms with Gasteiger partial charge in [-0.25, -0.2) is 9.67 Å². The van der Waals surface area contributed by atoms with Crippen LogP contribution in [0.4, 0.5) is 5.95 Å². The Bertz CT molecular complexity index is 695. The van der Waals surface area contributed by atoms with Crippen molar-refractivity contribution in [2.75, 3.05) is 11.9 Å². The molecule has 7 nitrogen and oxygen atoms in total. The summed E-state index contributed by atoms with van der Waals surface area (Å²) in [5.41, 5.74) is 1.62. The largest absolute Gasteiger partial charge is 0.368 e. The van der Waals surface area contributed by atoms with Crippen LogP contribution in [0.15, 0.2) is 30.6 Å². The highest BCUT2D eigenvalue weighted by atomic mass is 16.5. The van der Waals surface area contributed by atoms with Crippen molar-refractivity contribution in [3.8, 4) is 6.07 Å². The minimum Gasteiger partial charge on any atom is -0.368 e. The quantitative estimate of drug-likeness (QED) is 0.918. The topological polar surface area (TPSA) is 92.8 Å². The van der Waals surface area contributed by atoms with Gasteiger partial charge in [-0.3, -0.25) is 10.1 Å². The van der Waals surface area contributed by atoms with Crippen LogP contribution in [0.1, 0.15) is 24.0 Å². The molecular formula is C15H15N5O2. The summed E-state index contributed by atoms with van der Waals surface area (Å²) < 4.78 is 6.94. The second-order valence-electron chi connectivity index (χ2n) is 5.07. The summed E-state index contributed by atoms with van der Waals surface area (Å²) in [6, 6.07) is 9.32. The fourth-order valence-corrected chi connectivity index (χ4v) is 2.27. The predicted molar refractivity (Wildman–Crippen MR) is 77.9 cm³/mol. The van der Waals surface area contributed by atoms with Gasteiger partial charge in [-0.15, -0.1) is 5.10 Å². The van der Waals surface area contributed by atoms with E-state index in [0.29, 0.717) is 18.7 Å². The van der Waals surface area contributed by atoms with Gasteiger partial charge in [0.05, 0.1) is 18.2 Å². The van der Waals surface area contributed by atoms with Crippen molar-refractivity contribution in [2.45, 2.75) is 25.5 Å². The number of rotatable bonds is 4. The molecule has 112 valence electrons. The van der Waals surface area contributed by atoms with Gasteiger partial charge >= 0.3 is 0 Å². The van der Waals surface area contributed by atoms with E-state index in [-0.39, 0.29) is 11.9 Å². The number of nitrogens with one attached hydrogen (secondary N) is 1. The molecule has 2 aromatic rings. The van der Waals surface area contributed by atoms with Crippen molar-refractivity contribution in [1.82, 2.24) is 14.8 Å². The van der Waals surface area contributed by atoms with Crippen LogP contribution in [0.5, 0.6) is 0 Å². The summed E-state index contributed by atoms with van der Waals surface area (Å²) in [6.45, 7) is 1.15. The molecule has 0 saturated carbocycles. The maximum absolute atomic E-state index is 11.9. The fourth-order valence-electron chi connectivity index (χ4n) is 2.27. The highest BCUT2D eigenvalue weighted by Crippen LogP contribution is 2.13. The van der Waals surface area contributed by atoms with Crippen LogP contribution in [0, 0.1) is 11.3 Å². The van der Waals surface area contributed by atoms with Gasteiger partial charge in [-0.05, 0) is 30.5 Å². The molecule has 1 fully saturated rings. The third-order valence-electron chi connectivity index (χ3n) is 3.42. The molecule has 1 aromatic heterocycles. The third kappa shape index (κ3) is 3.30. The van der Waals surface area contributed by atoms with Crippen LogP contribution < -0.4 is 5.32 Å². The SMILES string of the molecule is N#Cc1ccc(Cn2cnc(NC(=O)[C@@H]3CCCO3)n2)cc1. The van der Waals surface area contributed by atoms with Gasteiger partial charge in [-0.2, -0.15) is 5.26 Å². The molecule has 1 aliphatic heterocycles. The number of anilines is 1. The lowest BCUT2D eigenvalue weighted by atomic mass is 10.1. The number of nitriles is 1. The fraction of sp³-hybridized carbons (Fsp3) is 0.333. The van der Waals surface area contributed by atoms with Crippen molar-refractivity contribution in [1.29, 1.82) is 5.26 Å². The molecule has 1 aliphatic rings. The average Bonchev–Trinajstić information content (AvgIpc) is 3.20. The van der Waals surface area contributed by atoms with Crippen molar-refractivity contribution >= 4 is 11.9 Å². The van der Waals surface area contributed by atoms with Gasteiger partial charge < -0.3 is 4.74 Å². The highest BCUT2D eigenvalue weighted by Gasteiger charge is 2.24. The first-order valence-electron chi connectivity index (χ1n) is 7.05. The van der Waals surface area contributed by atoms with E-state index in [9.17, 15) is 4.79 Å². The Labute approximate surface area is 127 Å². The van der Waals surface area contributed by atoms with E-state index in [4.69, 9.17) is 10.00 Å². The van der Waals surface area contributed by atoms with Crippen LogP contribution in [-0.4, -0.2) is 33.4 Å². The Morgan fingerprint density at radius 1 is 1.45 bits per heavy atom. The van der Waals surface area contributed by atoms with E-state index in [1.165, 1.54) is 0 Å². The van der Waals surface area contributed by atoms with E-state index >= 15 is 0 Å². The van der Waals surface area contributed by atoms with Crippen LogP contribution >= 0.6 is 0 Å². The molecule has 0 radical (unpaired) electrons. The Morgan fingerprint density at radius 3 is 2.95 bits per heavy atom. The van der Waals surface area contributed by atoms with Crippen LogP contribution in [0.25, 0.3) is 0 Å². The summed E-state index contributed by atoms with van der Waals surface area (Å²) in [5.74, 6) is 0.0720. The van der Waals surface area contributed by atoms with Crippen molar-refractivity contribution in [2.24, 2.45) is 0 Å². The number of hydrogen-bond acceptors (Lipinski definition) is 5. The molecule has 3 rings (SSSR count). The zero-order valence-electron chi connectivity index (χ0n) is 11.9. The monoisotopic (exact) mass is 297 g/mol. The summed E-state index contributed by atoms with van der Waals surface area (Å²) >= 11 is 0. The Morgan fingerprint density at radius 2 is 2.27 bits per heavy atom. The second-order valence-corrected chi connectivity index (χ2v) is 5.07. The zero-order valence-corrected chi connectivity index (χ0v) is 11.9. The molecule has 1 aromatic carbocycles. The number of ether oxygens (including phenoxy) is 1. The van der Waals surface area contributed by atoms with E-state index in [2.05, 4.69) is 21.5 Å². The minimum atomic E-state index is -0.398. The van der Waals surface area contributed by atoms with E-state index in [0.717, 1.165) is 18.4 Å². The lowest BCUT2D eigenvalue weighted by Crippen LogP contribution is -2.27. The molecule has 22 heavy (non-hydrogen) atoms. The van der Waals surface area contributed by atoms with Gasteiger partial charge in [0.1, 0.15) is 12.4 Å². The van der Waals surface area contributed by atoms with E-state index in [1.54, 1.807) is 23.1 Å². The summed E-state index contributed by atoms with van der Waals surface area (Å²) in [5, 5.41) is 15.6. The Kier molecular flexibility index (Phi) is 4.12. The molecular weight excluding hydrogens is 282 g/mol. The van der Waals surface area contributed by atoms with Crippen LogP contribution in [0.3, 0.4) is 0 Å². The number of carbonyl (C=O) groups is 1. The zero-order chi connectivity index (χ0) is 15.4. The average molecular weight is 297 g/mol. The van der Waals surface area contributed by atoms with E-state index < -0.39 is 6.10 Å². The number of benzene rings is 1. The molecule has 1 amide bonds. The van der Waals surface area contributed by atoms with E-state index in [1.807, 2.05) is 12.1 Å². The first-order valence-corrected chi connectivity index (χ1v) is 7.05. The van der Waals surface area contributed by atoms with Crippen molar-refractivity contribution in [3.63, 3.8) is 0 Å². The third-order valence-corrected chi connectivity index (χ3v) is 3.42.